The van der Waals surface area contributed by atoms with Crippen molar-refractivity contribution in [3.8, 4) is 11.5 Å². The Morgan fingerprint density at radius 2 is 1.88 bits per heavy atom. The zero-order valence-electron chi connectivity index (χ0n) is 12.9. The first-order valence-corrected chi connectivity index (χ1v) is 8.15. The van der Waals surface area contributed by atoms with Gasteiger partial charge in [0.05, 0.1) is 23.9 Å². The minimum Gasteiger partial charge on any atom is -0.497 e. The van der Waals surface area contributed by atoms with E-state index < -0.39 is 0 Å². The number of amides is 1. The molecule has 1 aromatic heterocycles. The summed E-state index contributed by atoms with van der Waals surface area (Å²) in [7, 11) is 3.14. The monoisotopic (exact) mass is 363 g/mol. The van der Waals surface area contributed by atoms with E-state index >= 15 is 0 Å². The number of nitrogens with zero attached hydrogens (tertiary/aromatic N) is 1. The number of anilines is 1. The number of rotatable bonds is 5. The van der Waals surface area contributed by atoms with E-state index in [2.05, 4.69) is 15.8 Å². The Morgan fingerprint density at radius 1 is 1.12 bits per heavy atom. The lowest BCUT2D eigenvalue weighted by Crippen LogP contribution is -2.29. The number of hydrazine groups is 1. The summed E-state index contributed by atoms with van der Waals surface area (Å²) in [6, 6.07) is 10.3. The van der Waals surface area contributed by atoms with E-state index in [0.717, 1.165) is 4.70 Å². The third kappa shape index (κ3) is 3.22. The molecule has 8 heteroatoms. The van der Waals surface area contributed by atoms with E-state index in [0.29, 0.717) is 32.7 Å². The summed E-state index contributed by atoms with van der Waals surface area (Å²) in [5.74, 6) is 1.03. The maximum atomic E-state index is 12.1. The second-order valence-corrected chi connectivity index (χ2v) is 6.16. The highest BCUT2D eigenvalue weighted by molar-refractivity contribution is 7.22. The fraction of sp³-hybridized carbons (Fsp3) is 0.125. The molecule has 24 heavy (non-hydrogen) atoms. The average Bonchev–Trinajstić information content (AvgIpc) is 3.05. The molecule has 0 aliphatic carbocycles. The van der Waals surface area contributed by atoms with Crippen LogP contribution in [0.3, 0.4) is 0 Å². The topological polar surface area (TPSA) is 72.5 Å². The van der Waals surface area contributed by atoms with Crippen LogP contribution >= 0.6 is 22.9 Å². The molecular weight excluding hydrogens is 350 g/mol. The summed E-state index contributed by atoms with van der Waals surface area (Å²) in [5, 5.41) is 1.09. The number of hydrogen-bond acceptors (Lipinski definition) is 6. The molecule has 0 saturated heterocycles. The zero-order valence-corrected chi connectivity index (χ0v) is 14.5. The fourth-order valence-corrected chi connectivity index (χ4v) is 3.20. The van der Waals surface area contributed by atoms with Gasteiger partial charge in [-0.1, -0.05) is 22.9 Å². The molecule has 6 nitrogen and oxygen atoms in total. The molecule has 0 spiro atoms. The lowest BCUT2D eigenvalue weighted by molar-refractivity contribution is 0.0962. The Bertz CT molecular complexity index is 880. The van der Waals surface area contributed by atoms with Crippen LogP contribution in [0.25, 0.3) is 10.2 Å². The predicted molar refractivity (Wildman–Crippen MR) is 95.3 cm³/mol. The van der Waals surface area contributed by atoms with Crippen LogP contribution < -0.4 is 20.3 Å². The summed E-state index contributed by atoms with van der Waals surface area (Å²) in [5.41, 5.74) is 6.56. The number of halogens is 1. The van der Waals surface area contributed by atoms with Crippen molar-refractivity contribution in [3.05, 3.63) is 47.0 Å². The van der Waals surface area contributed by atoms with Crippen molar-refractivity contribution in [2.45, 2.75) is 0 Å². The van der Waals surface area contributed by atoms with Gasteiger partial charge in [-0.25, -0.2) is 4.98 Å². The van der Waals surface area contributed by atoms with Gasteiger partial charge in [0, 0.05) is 5.56 Å². The molecule has 2 aromatic carbocycles. The first kappa shape index (κ1) is 16.4. The summed E-state index contributed by atoms with van der Waals surface area (Å²) < 4.78 is 11.1. The van der Waals surface area contributed by atoms with Crippen molar-refractivity contribution in [2.24, 2.45) is 0 Å². The van der Waals surface area contributed by atoms with Crippen molar-refractivity contribution < 1.29 is 14.3 Å². The first-order valence-electron chi connectivity index (χ1n) is 6.96. The first-order chi connectivity index (χ1) is 11.6. The molecule has 0 radical (unpaired) electrons. The Kier molecular flexibility index (Phi) is 4.73. The largest absolute Gasteiger partial charge is 0.497 e. The number of nitrogens with one attached hydrogen (secondary N) is 2. The van der Waals surface area contributed by atoms with E-state index in [9.17, 15) is 4.79 Å². The highest BCUT2D eigenvalue weighted by Gasteiger charge is 2.13. The molecule has 2 N–H and O–H groups in total. The fourth-order valence-electron chi connectivity index (χ4n) is 2.10. The smallest absolute Gasteiger partial charge is 0.269 e. The summed E-state index contributed by atoms with van der Waals surface area (Å²) in [6.45, 7) is 0. The zero-order chi connectivity index (χ0) is 17.1. The van der Waals surface area contributed by atoms with Crippen LogP contribution in [0.1, 0.15) is 10.4 Å². The molecule has 3 rings (SSSR count). The van der Waals surface area contributed by atoms with E-state index in [1.807, 2.05) is 0 Å². The Hall–Kier alpha value is -2.51. The van der Waals surface area contributed by atoms with Crippen LogP contribution in [0.5, 0.6) is 11.5 Å². The number of hydrogen-bond donors (Lipinski definition) is 2. The molecule has 0 atom stereocenters. The Balaban J connectivity index is 1.75. The summed E-state index contributed by atoms with van der Waals surface area (Å²) >= 11 is 7.50. The van der Waals surface area contributed by atoms with Crippen molar-refractivity contribution in [1.29, 1.82) is 0 Å². The number of carbonyl (C=O) groups is 1. The molecule has 0 unspecified atom stereocenters. The second kappa shape index (κ2) is 6.94. The van der Waals surface area contributed by atoms with Gasteiger partial charge < -0.3 is 9.47 Å². The van der Waals surface area contributed by atoms with Gasteiger partial charge in [0.1, 0.15) is 17.0 Å². The number of carbonyl (C=O) groups excluding carboxylic acids is 1. The van der Waals surface area contributed by atoms with Crippen LogP contribution in [-0.2, 0) is 0 Å². The van der Waals surface area contributed by atoms with Gasteiger partial charge in [0.25, 0.3) is 5.91 Å². The number of thiazole rings is 1. The SMILES string of the molecule is COc1ccc(C(=O)NNc2nc3c(OC)ccc(Cl)c3s2)cc1. The van der Waals surface area contributed by atoms with Gasteiger partial charge in [-0.3, -0.25) is 15.6 Å². The van der Waals surface area contributed by atoms with Crippen LogP contribution in [0.4, 0.5) is 5.13 Å². The van der Waals surface area contributed by atoms with Crippen molar-refractivity contribution in [3.63, 3.8) is 0 Å². The van der Waals surface area contributed by atoms with E-state index in [4.69, 9.17) is 21.1 Å². The standard InChI is InChI=1S/C16H14ClN3O3S/c1-22-10-5-3-9(4-6-10)15(21)19-20-16-18-13-12(23-2)8-7-11(17)14(13)24-16/h3-8H,1-2H3,(H,18,20)(H,19,21). The number of benzene rings is 2. The molecule has 0 fully saturated rings. The van der Waals surface area contributed by atoms with Gasteiger partial charge in [0.2, 0.25) is 5.13 Å². The van der Waals surface area contributed by atoms with Crippen molar-refractivity contribution in [2.75, 3.05) is 19.6 Å². The minimum atomic E-state index is -0.282. The van der Waals surface area contributed by atoms with Gasteiger partial charge in [-0.05, 0) is 36.4 Å². The lowest BCUT2D eigenvalue weighted by atomic mass is 10.2. The molecule has 0 aliphatic rings. The predicted octanol–water partition coefficient (Wildman–Crippen LogP) is 3.72. The molecular formula is C16H14ClN3O3S. The highest BCUT2D eigenvalue weighted by atomic mass is 35.5. The summed E-state index contributed by atoms with van der Waals surface area (Å²) in [4.78, 5) is 16.5. The molecule has 1 amide bonds. The normalized spacial score (nSPS) is 10.5. The van der Waals surface area contributed by atoms with Crippen LogP contribution in [0, 0.1) is 0 Å². The van der Waals surface area contributed by atoms with Crippen molar-refractivity contribution >= 4 is 44.2 Å². The molecule has 0 aliphatic heterocycles. The van der Waals surface area contributed by atoms with Crippen LogP contribution in [0.15, 0.2) is 36.4 Å². The highest BCUT2D eigenvalue weighted by Crippen LogP contribution is 2.37. The third-order valence-electron chi connectivity index (χ3n) is 3.31. The van der Waals surface area contributed by atoms with Crippen LogP contribution in [0.2, 0.25) is 5.02 Å². The molecule has 1 heterocycles. The third-order valence-corrected chi connectivity index (χ3v) is 4.74. The molecule has 0 saturated carbocycles. The molecule has 124 valence electrons. The van der Waals surface area contributed by atoms with E-state index in [-0.39, 0.29) is 5.91 Å². The second-order valence-electron chi connectivity index (χ2n) is 4.75. The Morgan fingerprint density at radius 3 is 2.54 bits per heavy atom. The van der Waals surface area contributed by atoms with Crippen molar-refractivity contribution in [1.82, 2.24) is 10.4 Å². The van der Waals surface area contributed by atoms with Gasteiger partial charge in [0.15, 0.2) is 0 Å². The summed E-state index contributed by atoms with van der Waals surface area (Å²) in [6.07, 6.45) is 0. The maximum absolute atomic E-state index is 12.1. The van der Waals surface area contributed by atoms with Gasteiger partial charge in [-0.2, -0.15) is 0 Å². The lowest BCUT2D eigenvalue weighted by Gasteiger charge is -2.06. The average molecular weight is 364 g/mol. The number of fused-ring (bicyclic) bond motifs is 1. The van der Waals surface area contributed by atoms with E-state index in [1.54, 1.807) is 50.6 Å². The number of aromatic nitrogens is 1. The van der Waals surface area contributed by atoms with Gasteiger partial charge in [-0.15, -0.1) is 0 Å². The maximum Gasteiger partial charge on any atom is 0.269 e. The van der Waals surface area contributed by atoms with Gasteiger partial charge >= 0.3 is 0 Å². The quantitative estimate of drug-likeness (QED) is 0.676. The number of ether oxygens (including phenoxy) is 2. The molecule has 3 aromatic rings. The minimum absolute atomic E-state index is 0.282. The van der Waals surface area contributed by atoms with Crippen LogP contribution in [-0.4, -0.2) is 25.1 Å². The Labute approximate surface area is 147 Å². The molecule has 0 bridgehead atoms. The number of methoxy groups -OCH3 is 2. The van der Waals surface area contributed by atoms with E-state index in [1.165, 1.54) is 11.3 Å².